The number of hydrogen-bond acceptors (Lipinski definition) is 8. The van der Waals surface area contributed by atoms with Crippen molar-refractivity contribution in [1.82, 2.24) is 19.9 Å². The van der Waals surface area contributed by atoms with Crippen molar-refractivity contribution in [3.63, 3.8) is 0 Å². The highest BCUT2D eigenvalue weighted by Crippen LogP contribution is 2.30. The van der Waals surface area contributed by atoms with Gasteiger partial charge in [-0.3, -0.25) is 19.1 Å². The number of alkyl halides is 5. The summed E-state index contributed by atoms with van der Waals surface area (Å²) in [6.07, 6.45) is -4.35. The molecule has 0 bridgehead atoms. The molecule has 0 unspecified atom stereocenters. The summed E-state index contributed by atoms with van der Waals surface area (Å²) in [4.78, 5) is 45.8. The fraction of sp³-hybridized carbons (Fsp3) is 0.385. The lowest BCUT2D eigenvalue weighted by Crippen LogP contribution is -2.55. The Hall–Kier alpha value is -3.99. The first kappa shape index (κ1) is 31.9. The largest absolute Gasteiger partial charge is 0.493 e. The summed E-state index contributed by atoms with van der Waals surface area (Å²) >= 11 is 0. The van der Waals surface area contributed by atoms with E-state index in [4.69, 9.17) is 0 Å². The molecule has 1 N–H and O–H groups in total. The first-order valence-corrected chi connectivity index (χ1v) is 14.4. The van der Waals surface area contributed by atoms with Gasteiger partial charge in [-0.25, -0.2) is 31.4 Å². The third kappa shape index (κ3) is 6.82. The quantitative estimate of drug-likeness (QED) is 0.296. The lowest BCUT2D eigenvalue weighted by Gasteiger charge is -2.38. The summed E-state index contributed by atoms with van der Waals surface area (Å²) in [5.41, 5.74) is 1.76. The number of aryl methyl sites for hydroxylation is 1. The number of fused-ring (bicyclic) bond motifs is 1. The molecule has 1 saturated heterocycles. The molecule has 43 heavy (non-hydrogen) atoms. The number of sulfone groups is 1. The molecule has 1 aromatic heterocycles. The molecule has 2 aromatic carbocycles. The van der Waals surface area contributed by atoms with Gasteiger partial charge in [-0.05, 0) is 42.7 Å². The molecule has 1 aliphatic rings. The van der Waals surface area contributed by atoms with Crippen LogP contribution in [0, 0.1) is 5.82 Å². The van der Waals surface area contributed by atoms with Crippen molar-refractivity contribution in [2.24, 2.45) is 0 Å². The summed E-state index contributed by atoms with van der Waals surface area (Å²) in [5.74, 6) is -7.68. The zero-order chi connectivity index (χ0) is 32.0. The Morgan fingerprint density at radius 2 is 1.79 bits per heavy atom. The zero-order valence-corrected chi connectivity index (χ0v) is 23.4. The lowest BCUT2D eigenvalue weighted by atomic mass is 10.0. The van der Waals surface area contributed by atoms with Crippen LogP contribution in [-0.2, 0) is 37.4 Å². The molecular formula is C26H24F6N4O6S. The van der Waals surface area contributed by atoms with E-state index in [0.717, 1.165) is 17.8 Å². The van der Waals surface area contributed by atoms with Crippen LogP contribution in [-0.4, -0.2) is 70.9 Å². The zero-order valence-electron chi connectivity index (χ0n) is 22.5. The fourth-order valence-corrected chi connectivity index (χ4v) is 5.25. The molecule has 10 nitrogen and oxygen atoms in total. The highest BCUT2D eigenvalue weighted by Gasteiger charge is 2.47. The minimum atomic E-state index is -5.44. The SMILES string of the molecule is C[C@@](CCn1cnc2cc(-c3ccc(CN4CC(F)(F)C4)cc3F)ccc2c1=O)(C(=O)NOC(=O)C(F)(F)F)S(C)(=O)=O. The van der Waals surface area contributed by atoms with Gasteiger partial charge < -0.3 is 4.84 Å². The number of nitrogens with one attached hydrogen (secondary N) is 1. The van der Waals surface area contributed by atoms with Crippen LogP contribution in [0.1, 0.15) is 18.9 Å². The van der Waals surface area contributed by atoms with Gasteiger partial charge in [-0.1, -0.05) is 18.2 Å². The van der Waals surface area contributed by atoms with Crippen molar-refractivity contribution in [3.8, 4) is 11.1 Å². The first-order valence-electron chi connectivity index (χ1n) is 12.5. The highest BCUT2D eigenvalue weighted by molar-refractivity contribution is 7.92. The Morgan fingerprint density at radius 1 is 1.12 bits per heavy atom. The van der Waals surface area contributed by atoms with Gasteiger partial charge in [0.1, 0.15) is 5.82 Å². The summed E-state index contributed by atoms with van der Waals surface area (Å²) in [7, 11) is -4.32. The Balaban J connectivity index is 1.51. The van der Waals surface area contributed by atoms with Crippen LogP contribution in [0.5, 0.6) is 0 Å². The predicted octanol–water partition coefficient (Wildman–Crippen LogP) is 2.98. The predicted molar refractivity (Wildman–Crippen MR) is 140 cm³/mol. The summed E-state index contributed by atoms with van der Waals surface area (Å²) in [6, 6.07) is 8.58. The second-order valence-electron chi connectivity index (χ2n) is 10.4. The average Bonchev–Trinajstić information content (AvgIpc) is 2.88. The standard InChI is InChI=1S/C26H24F6N4O6S/c1-24(43(2,40)41,22(38)34-42-23(39)26(30,31)32)7-8-36-14-33-20-10-16(4-6-18(20)21(36)37)17-5-3-15(9-19(17)27)11-35-12-25(28,29)13-35/h3-6,9-10,14H,7-8,11-13H2,1-2H3,(H,34,38)/t24-/m1/s1. The number of likely N-dealkylation sites (tertiary alicyclic amines) is 1. The number of rotatable bonds is 8. The van der Waals surface area contributed by atoms with Crippen LogP contribution in [0.2, 0.25) is 0 Å². The number of halogens is 6. The molecule has 0 saturated carbocycles. The number of aromatic nitrogens is 2. The molecule has 4 rings (SSSR count). The molecule has 17 heteroatoms. The number of benzene rings is 2. The minimum absolute atomic E-state index is 0.0617. The molecule has 0 spiro atoms. The Kier molecular flexibility index (Phi) is 8.36. The second-order valence-corrected chi connectivity index (χ2v) is 12.8. The molecule has 232 valence electrons. The second kappa shape index (κ2) is 11.3. The van der Waals surface area contributed by atoms with Crippen LogP contribution in [0.15, 0.2) is 47.5 Å². The normalized spacial score (nSPS) is 16.7. The van der Waals surface area contributed by atoms with Crippen LogP contribution < -0.4 is 11.0 Å². The molecule has 3 aromatic rings. The Bertz CT molecular complexity index is 1750. The third-order valence-electron chi connectivity index (χ3n) is 7.08. The summed E-state index contributed by atoms with van der Waals surface area (Å²) in [5, 5.41) is 0.0617. The average molecular weight is 635 g/mol. The Labute approximate surface area is 240 Å². The number of hydrogen-bond donors (Lipinski definition) is 1. The van der Waals surface area contributed by atoms with Gasteiger partial charge in [0.15, 0.2) is 14.6 Å². The number of carbonyl (C=O) groups excluding carboxylic acids is 2. The van der Waals surface area contributed by atoms with Crippen LogP contribution in [0.4, 0.5) is 26.3 Å². The molecule has 1 fully saturated rings. The summed E-state index contributed by atoms with van der Waals surface area (Å²) < 4.78 is 102. The van der Waals surface area contributed by atoms with Gasteiger partial charge in [0.05, 0.1) is 30.3 Å². The van der Waals surface area contributed by atoms with Crippen LogP contribution >= 0.6 is 0 Å². The topological polar surface area (TPSA) is 128 Å². The maximum atomic E-state index is 14.9. The molecule has 1 aliphatic heterocycles. The van der Waals surface area contributed by atoms with E-state index in [0.29, 0.717) is 17.4 Å². The molecule has 1 amide bonds. The molecule has 1 atom stereocenters. The number of hydroxylamine groups is 1. The van der Waals surface area contributed by atoms with E-state index in [1.807, 2.05) is 0 Å². The van der Waals surface area contributed by atoms with E-state index in [1.165, 1.54) is 40.7 Å². The van der Waals surface area contributed by atoms with Gasteiger partial charge in [0, 0.05) is 24.9 Å². The van der Waals surface area contributed by atoms with E-state index >= 15 is 0 Å². The van der Waals surface area contributed by atoms with Crippen molar-refractivity contribution in [1.29, 1.82) is 0 Å². The first-order chi connectivity index (χ1) is 19.8. The Morgan fingerprint density at radius 3 is 2.37 bits per heavy atom. The van der Waals surface area contributed by atoms with Gasteiger partial charge >= 0.3 is 12.1 Å². The molecular weight excluding hydrogens is 610 g/mol. The highest BCUT2D eigenvalue weighted by atomic mass is 32.2. The molecule has 0 radical (unpaired) electrons. The van der Waals surface area contributed by atoms with Gasteiger partial charge in [0.2, 0.25) is 0 Å². The minimum Gasteiger partial charge on any atom is -0.332 e. The van der Waals surface area contributed by atoms with Crippen molar-refractivity contribution in [2.75, 3.05) is 19.3 Å². The van der Waals surface area contributed by atoms with Crippen LogP contribution in [0.25, 0.3) is 22.0 Å². The lowest BCUT2D eigenvalue weighted by molar-refractivity contribution is -0.207. The van der Waals surface area contributed by atoms with Crippen LogP contribution in [0.3, 0.4) is 0 Å². The maximum Gasteiger partial charge on any atom is 0.493 e. The number of amides is 1. The van der Waals surface area contributed by atoms with Crippen molar-refractivity contribution in [2.45, 2.75) is 43.3 Å². The third-order valence-corrected chi connectivity index (χ3v) is 9.11. The number of carbonyl (C=O) groups is 2. The van der Waals surface area contributed by atoms with E-state index in [-0.39, 0.29) is 23.0 Å². The van der Waals surface area contributed by atoms with E-state index in [1.54, 1.807) is 6.07 Å². The number of nitrogens with zero attached hydrogens (tertiary/aromatic N) is 3. The smallest absolute Gasteiger partial charge is 0.332 e. The summed E-state index contributed by atoms with van der Waals surface area (Å²) in [6.45, 7) is -0.175. The van der Waals surface area contributed by atoms with E-state index in [2.05, 4.69) is 9.82 Å². The van der Waals surface area contributed by atoms with Gasteiger partial charge in [0.25, 0.3) is 17.4 Å². The van der Waals surface area contributed by atoms with Crippen molar-refractivity contribution < 1.29 is 49.2 Å². The van der Waals surface area contributed by atoms with Crippen molar-refractivity contribution in [3.05, 3.63) is 64.5 Å². The van der Waals surface area contributed by atoms with E-state index in [9.17, 15) is 49.1 Å². The fourth-order valence-electron chi connectivity index (χ4n) is 4.41. The van der Waals surface area contributed by atoms with E-state index < -0.39 is 76.0 Å². The van der Waals surface area contributed by atoms with Gasteiger partial charge in [-0.15, -0.1) is 0 Å². The molecule has 2 heterocycles. The monoisotopic (exact) mass is 634 g/mol. The van der Waals surface area contributed by atoms with Gasteiger partial charge in [-0.2, -0.15) is 18.7 Å². The maximum absolute atomic E-state index is 14.9. The van der Waals surface area contributed by atoms with Crippen molar-refractivity contribution >= 4 is 32.6 Å². The molecule has 0 aliphatic carbocycles.